The molecular weight excluding hydrogens is 329 g/mol. The van der Waals surface area contributed by atoms with Gasteiger partial charge in [0.05, 0.1) is 0 Å². The Bertz CT molecular complexity index is 751. The van der Waals surface area contributed by atoms with Gasteiger partial charge in [-0.1, -0.05) is 26.0 Å². The summed E-state index contributed by atoms with van der Waals surface area (Å²) in [6.45, 7) is 7.09. The Morgan fingerprint density at radius 2 is 1.81 bits per heavy atom. The van der Waals surface area contributed by atoms with Crippen molar-refractivity contribution in [2.24, 2.45) is 0 Å². The molecule has 0 saturated carbocycles. The molecule has 0 amide bonds. The van der Waals surface area contributed by atoms with Crippen LogP contribution in [-0.2, 0) is 6.42 Å². The van der Waals surface area contributed by atoms with Crippen molar-refractivity contribution in [3.05, 3.63) is 65.0 Å². The third-order valence-electron chi connectivity index (χ3n) is 4.89. The van der Waals surface area contributed by atoms with Crippen molar-refractivity contribution < 1.29 is 13.9 Å². The standard InChI is InChI=1S/C22H26FNO2/c1-3-12-24(13-4-2)18-14-20-19(6-5-7-21(20)26-15-18)22(25)16-8-10-17(23)11-9-16/h5-11,18H,3-4,12-15H2,1-2H3. The summed E-state index contributed by atoms with van der Waals surface area (Å²) in [5, 5.41) is 0. The van der Waals surface area contributed by atoms with Crippen LogP contribution in [0.4, 0.5) is 4.39 Å². The predicted molar refractivity (Wildman–Crippen MR) is 101 cm³/mol. The van der Waals surface area contributed by atoms with Gasteiger partial charge in [-0.25, -0.2) is 4.39 Å². The monoisotopic (exact) mass is 355 g/mol. The van der Waals surface area contributed by atoms with E-state index in [0.29, 0.717) is 17.7 Å². The molecule has 0 aliphatic carbocycles. The average Bonchev–Trinajstić information content (AvgIpc) is 2.67. The molecule has 0 bridgehead atoms. The van der Waals surface area contributed by atoms with E-state index in [1.165, 1.54) is 12.1 Å². The van der Waals surface area contributed by atoms with Crippen LogP contribution in [0.5, 0.6) is 5.75 Å². The number of benzene rings is 2. The molecule has 3 nitrogen and oxygen atoms in total. The summed E-state index contributed by atoms with van der Waals surface area (Å²) >= 11 is 0. The fourth-order valence-corrected chi connectivity index (χ4v) is 3.65. The topological polar surface area (TPSA) is 29.5 Å². The van der Waals surface area contributed by atoms with Gasteiger partial charge in [0.2, 0.25) is 0 Å². The third kappa shape index (κ3) is 3.96. The zero-order valence-electron chi connectivity index (χ0n) is 15.5. The van der Waals surface area contributed by atoms with Gasteiger partial charge < -0.3 is 4.74 Å². The van der Waals surface area contributed by atoms with E-state index in [-0.39, 0.29) is 17.6 Å². The summed E-state index contributed by atoms with van der Waals surface area (Å²) in [5.74, 6) is 0.376. The lowest BCUT2D eigenvalue weighted by atomic mass is 9.91. The summed E-state index contributed by atoms with van der Waals surface area (Å²) in [6, 6.07) is 11.6. The highest BCUT2D eigenvalue weighted by Gasteiger charge is 2.28. The second kappa shape index (κ2) is 8.45. The van der Waals surface area contributed by atoms with E-state index in [0.717, 1.165) is 43.7 Å². The quantitative estimate of drug-likeness (QED) is 0.686. The van der Waals surface area contributed by atoms with Crippen LogP contribution in [0.1, 0.15) is 48.2 Å². The van der Waals surface area contributed by atoms with Crippen molar-refractivity contribution in [2.75, 3.05) is 19.7 Å². The molecule has 1 aliphatic heterocycles. The number of hydrogen-bond acceptors (Lipinski definition) is 3. The minimum atomic E-state index is -0.338. The molecule has 0 N–H and O–H groups in total. The third-order valence-corrected chi connectivity index (χ3v) is 4.89. The molecule has 0 fully saturated rings. The largest absolute Gasteiger partial charge is 0.492 e. The molecule has 0 aromatic heterocycles. The summed E-state index contributed by atoms with van der Waals surface area (Å²) in [5.41, 5.74) is 2.13. The van der Waals surface area contributed by atoms with Gasteiger partial charge in [0, 0.05) is 22.7 Å². The van der Waals surface area contributed by atoms with Gasteiger partial charge in [0.25, 0.3) is 0 Å². The predicted octanol–water partition coefficient (Wildman–Crippen LogP) is 4.48. The van der Waals surface area contributed by atoms with E-state index in [4.69, 9.17) is 4.74 Å². The Balaban J connectivity index is 1.89. The van der Waals surface area contributed by atoms with Gasteiger partial charge in [-0.05, 0) is 62.7 Å². The lowest BCUT2D eigenvalue weighted by Crippen LogP contribution is -2.44. The SMILES string of the molecule is CCCN(CCC)C1COc2cccc(C(=O)c3ccc(F)cc3)c2C1. The first-order chi connectivity index (χ1) is 12.6. The number of carbonyl (C=O) groups excluding carboxylic acids is 1. The highest BCUT2D eigenvalue weighted by molar-refractivity contribution is 6.10. The number of ether oxygens (including phenoxy) is 1. The minimum absolute atomic E-state index is 0.0800. The summed E-state index contributed by atoms with van der Waals surface area (Å²) in [4.78, 5) is 15.4. The number of carbonyl (C=O) groups is 1. The maximum Gasteiger partial charge on any atom is 0.193 e. The number of halogens is 1. The maximum absolute atomic E-state index is 13.2. The highest BCUT2D eigenvalue weighted by atomic mass is 19.1. The first-order valence-electron chi connectivity index (χ1n) is 9.43. The van der Waals surface area contributed by atoms with Crippen LogP contribution in [-0.4, -0.2) is 36.4 Å². The maximum atomic E-state index is 13.2. The Morgan fingerprint density at radius 3 is 2.46 bits per heavy atom. The molecule has 4 heteroatoms. The van der Waals surface area contributed by atoms with E-state index in [9.17, 15) is 9.18 Å². The van der Waals surface area contributed by atoms with Gasteiger partial charge >= 0.3 is 0 Å². The van der Waals surface area contributed by atoms with Crippen LogP contribution in [0.15, 0.2) is 42.5 Å². The van der Waals surface area contributed by atoms with E-state index in [1.807, 2.05) is 18.2 Å². The van der Waals surface area contributed by atoms with Crippen LogP contribution >= 0.6 is 0 Å². The molecule has 1 atom stereocenters. The van der Waals surface area contributed by atoms with Crippen LogP contribution in [0.3, 0.4) is 0 Å². The number of nitrogens with zero attached hydrogens (tertiary/aromatic N) is 1. The summed E-state index contributed by atoms with van der Waals surface area (Å²) in [6.07, 6.45) is 3.00. The van der Waals surface area contributed by atoms with Crippen LogP contribution in [0.2, 0.25) is 0 Å². The second-order valence-electron chi connectivity index (χ2n) is 6.82. The minimum Gasteiger partial charge on any atom is -0.492 e. The van der Waals surface area contributed by atoms with Crippen molar-refractivity contribution >= 4 is 5.78 Å². The van der Waals surface area contributed by atoms with Crippen molar-refractivity contribution in [2.45, 2.75) is 39.2 Å². The molecule has 1 unspecified atom stereocenters. The summed E-state index contributed by atoms with van der Waals surface area (Å²) < 4.78 is 19.2. The molecule has 0 spiro atoms. The molecule has 138 valence electrons. The van der Waals surface area contributed by atoms with E-state index in [2.05, 4.69) is 18.7 Å². The fraction of sp³-hybridized carbons (Fsp3) is 0.409. The van der Waals surface area contributed by atoms with Crippen LogP contribution < -0.4 is 4.74 Å². The summed E-state index contributed by atoms with van der Waals surface area (Å²) in [7, 11) is 0. The van der Waals surface area contributed by atoms with Crippen molar-refractivity contribution in [3.63, 3.8) is 0 Å². The number of fused-ring (bicyclic) bond motifs is 1. The van der Waals surface area contributed by atoms with Crippen LogP contribution in [0.25, 0.3) is 0 Å². The van der Waals surface area contributed by atoms with Gasteiger partial charge in [-0.2, -0.15) is 0 Å². The zero-order valence-corrected chi connectivity index (χ0v) is 15.5. The van der Waals surface area contributed by atoms with Crippen molar-refractivity contribution in [1.82, 2.24) is 4.90 Å². The molecule has 1 heterocycles. The van der Waals surface area contributed by atoms with Gasteiger partial charge in [0.15, 0.2) is 5.78 Å². The Hall–Kier alpha value is -2.20. The average molecular weight is 355 g/mol. The smallest absolute Gasteiger partial charge is 0.193 e. The van der Waals surface area contributed by atoms with E-state index >= 15 is 0 Å². The molecule has 3 rings (SSSR count). The Morgan fingerprint density at radius 1 is 1.12 bits per heavy atom. The second-order valence-corrected chi connectivity index (χ2v) is 6.82. The number of hydrogen-bond donors (Lipinski definition) is 0. The van der Waals surface area contributed by atoms with Crippen molar-refractivity contribution in [1.29, 1.82) is 0 Å². The lowest BCUT2D eigenvalue weighted by Gasteiger charge is -2.35. The van der Waals surface area contributed by atoms with Gasteiger partial charge in [-0.15, -0.1) is 0 Å². The highest BCUT2D eigenvalue weighted by Crippen LogP contribution is 2.31. The molecule has 0 saturated heterocycles. The Kier molecular flexibility index (Phi) is 6.04. The molecule has 1 aliphatic rings. The molecule has 2 aromatic carbocycles. The number of rotatable bonds is 7. The van der Waals surface area contributed by atoms with E-state index in [1.54, 1.807) is 12.1 Å². The molecule has 0 radical (unpaired) electrons. The number of ketones is 1. The lowest BCUT2D eigenvalue weighted by molar-refractivity contribution is 0.102. The molecular formula is C22H26FNO2. The van der Waals surface area contributed by atoms with Gasteiger partial charge in [0.1, 0.15) is 18.2 Å². The van der Waals surface area contributed by atoms with E-state index < -0.39 is 0 Å². The van der Waals surface area contributed by atoms with Gasteiger partial charge in [-0.3, -0.25) is 9.69 Å². The normalized spacial score (nSPS) is 16.2. The van der Waals surface area contributed by atoms with Crippen LogP contribution in [0, 0.1) is 5.82 Å². The molecule has 2 aromatic rings. The Labute approximate surface area is 154 Å². The van der Waals surface area contributed by atoms with Crippen molar-refractivity contribution in [3.8, 4) is 5.75 Å². The zero-order chi connectivity index (χ0) is 18.5. The first-order valence-corrected chi connectivity index (χ1v) is 9.43. The molecule has 26 heavy (non-hydrogen) atoms. The fourth-order valence-electron chi connectivity index (χ4n) is 3.65. The first kappa shape index (κ1) is 18.6.